The number of para-hydroxylation sites is 2. The van der Waals surface area contributed by atoms with Gasteiger partial charge >= 0.3 is 12.1 Å². The number of piperazine rings is 1. The van der Waals surface area contributed by atoms with Crippen LogP contribution >= 0.6 is 0 Å². The Balaban J connectivity index is 1.41. The number of carbonyl (C=O) groups excluding carboxylic acids is 3. The molecular formula is C33H41F2N7O4. The lowest BCUT2D eigenvalue weighted by molar-refractivity contribution is 0.0635. The number of rotatable bonds is 10. The van der Waals surface area contributed by atoms with Gasteiger partial charge in [-0.3, -0.25) is 15.1 Å². The van der Waals surface area contributed by atoms with Crippen LogP contribution in [-0.4, -0.2) is 89.6 Å². The second-order valence-electron chi connectivity index (χ2n) is 12.2. The number of benzene rings is 2. The summed E-state index contributed by atoms with van der Waals surface area (Å²) in [5.41, 5.74) is 0.977. The van der Waals surface area contributed by atoms with E-state index in [2.05, 4.69) is 37.8 Å². The van der Waals surface area contributed by atoms with Crippen molar-refractivity contribution >= 4 is 35.1 Å². The van der Waals surface area contributed by atoms with Gasteiger partial charge in [-0.15, -0.1) is 0 Å². The van der Waals surface area contributed by atoms with Crippen LogP contribution in [-0.2, 0) is 11.3 Å². The molecule has 3 N–H and O–H groups in total. The number of pyridine rings is 1. The molecule has 0 atom stereocenters. The Kier molecular flexibility index (Phi) is 11.6. The Labute approximate surface area is 267 Å². The molecule has 0 saturated carbocycles. The molecule has 4 amide bonds. The van der Waals surface area contributed by atoms with E-state index in [0.717, 1.165) is 44.9 Å². The van der Waals surface area contributed by atoms with Crippen LogP contribution in [0, 0.1) is 11.6 Å². The predicted octanol–water partition coefficient (Wildman–Crippen LogP) is 5.63. The van der Waals surface area contributed by atoms with Crippen LogP contribution < -0.4 is 16.0 Å². The van der Waals surface area contributed by atoms with Crippen LogP contribution in [0.25, 0.3) is 0 Å². The minimum atomic E-state index is -1.05. The molecule has 2 aromatic carbocycles. The highest BCUT2D eigenvalue weighted by Crippen LogP contribution is 2.23. The van der Waals surface area contributed by atoms with E-state index >= 15 is 0 Å². The minimum absolute atomic E-state index is 0.128. The van der Waals surface area contributed by atoms with E-state index in [1.165, 1.54) is 12.3 Å². The van der Waals surface area contributed by atoms with Gasteiger partial charge in [0.25, 0.3) is 5.91 Å². The predicted molar refractivity (Wildman–Crippen MR) is 173 cm³/mol. The van der Waals surface area contributed by atoms with Crippen LogP contribution in [0.3, 0.4) is 0 Å². The third kappa shape index (κ3) is 10.5. The highest BCUT2D eigenvalue weighted by molar-refractivity contribution is 6.05. The van der Waals surface area contributed by atoms with Gasteiger partial charge in [-0.05, 0) is 76.7 Å². The van der Waals surface area contributed by atoms with Gasteiger partial charge in [0.2, 0.25) is 0 Å². The van der Waals surface area contributed by atoms with Crippen LogP contribution in [0.1, 0.15) is 43.2 Å². The smallest absolute Gasteiger partial charge is 0.412 e. The second kappa shape index (κ2) is 15.6. The number of urea groups is 1. The third-order valence-corrected chi connectivity index (χ3v) is 7.20. The van der Waals surface area contributed by atoms with Gasteiger partial charge in [-0.25, -0.2) is 18.4 Å². The van der Waals surface area contributed by atoms with Crippen molar-refractivity contribution in [2.24, 2.45) is 0 Å². The van der Waals surface area contributed by atoms with E-state index in [4.69, 9.17) is 4.74 Å². The molecular weight excluding hydrogens is 596 g/mol. The first-order valence-corrected chi connectivity index (χ1v) is 15.1. The molecule has 1 fully saturated rings. The van der Waals surface area contributed by atoms with Crippen molar-refractivity contribution in [2.75, 3.05) is 62.3 Å². The van der Waals surface area contributed by atoms with Crippen LogP contribution in [0.4, 0.5) is 35.4 Å². The van der Waals surface area contributed by atoms with Crippen molar-refractivity contribution < 1.29 is 27.9 Å². The van der Waals surface area contributed by atoms with E-state index in [0.29, 0.717) is 29.9 Å². The van der Waals surface area contributed by atoms with Crippen molar-refractivity contribution in [2.45, 2.75) is 39.3 Å². The monoisotopic (exact) mass is 637 g/mol. The first-order valence-electron chi connectivity index (χ1n) is 15.1. The van der Waals surface area contributed by atoms with Gasteiger partial charge in [-0.2, -0.15) is 0 Å². The lowest BCUT2D eigenvalue weighted by Crippen LogP contribution is -2.45. The maximum absolute atomic E-state index is 13.8. The molecule has 2 heterocycles. The number of halogens is 2. The summed E-state index contributed by atoms with van der Waals surface area (Å²) < 4.78 is 32.5. The Hall–Kier alpha value is -4.62. The number of nitrogens with zero attached hydrogens (tertiary/aromatic N) is 4. The standard InChI is InChI=1S/C33H41F2N7O4/c1-33(2,3)46-32(45)39-28-9-6-5-8-27(28)38-30(43)29-13-10-23(21-36-29)22-42(15-7-14-41-18-16-40(4)17-19-41)31(44)37-24-11-12-25(34)26(35)20-24/h5-6,8-13,20-21H,7,14-19,22H2,1-4H3,(H,37,44)(H,38,43)(H,39,45). The van der Waals surface area contributed by atoms with Crippen LogP contribution in [0.2, 0.25) is 0 Å². The number of anilines is 3. The van der Waals surface area contributed by atoms with E-state index in [9.17, 15) is 23.2 Å². The van der Waals surface area contributed by atoms with E-state index < -0.39 is 35.3 Å². The number of amides is 4. The van der Waals surface area contributed by atoms with Crippen LogP contribution in [0.15, 0.2) is 60.8 Å². The molecule has 1 saturated heterocycles. The first kappa shape index (κ1) is 34.3. The van der Waals surface area contributed by atoms with Crippen molar-refractivity contribution in [1.29, 1.82) is 0 Å². The maximum Gasteiger partial charge on any atom is 0.412 e. The number of hydrogen-bond acceptors (Lipinski definition) is 7. The van der Waals surface area contributed by atoms with Gasteiger partial charge in [0, 0.05) is 57.2 Å². The summed E-state index contributed by atoms with van der Waals surface area (Å²) in [7, 11) is 2.09. The average Bonchev–Trinajstić information content (AvgIpc) is 3.00. The van der Waals surface area contributed by atoms with Crippen molar-refractivity contribution in [1.82, 2.24) is 19.7 Å². The maximum atomic E-state index is 13.8. The second-order valence-corrected chi connectivity index (χ2v) is 12.2. The fourth-order valence-electron chi connectivity index (χ4n) is 4.76. The molecule has 0 unspecified atom stereocenters. The lowest BCUT2D eigenvalue weighted by Gasteiger charge is -2.33. The number of nitrogens with one attached hydrogen (secondary N) is 3. The molecule has 1 aromatic heterocycles. The molecule has 13 heteroatoms. The molecule has 46 heavy (non-hydrogen) atoms. The van der Waals surface area contributed by atoms with Gasteiger partial charge < -0.3 is 30.1 Å². The highest BCUT2D eigenvalue weighted by Gasteiger charge is 2.20. The molecule has 3 aromatic rings. The number of hydrogen-bond donors (Lipinski definition) is 3. The zero-order chi connectivity index (χ0) is 33.3. The number of aromatic nitrogens is 1. The number of likely N-dealkylation sites (N-methyl/N-ethyl adjacent to an activating group) is 1. The lowest BCUT2D eigenvalue weighted by atomic mass is 10.2. The van der Waals surface area contributed by atoms with Gasteiger partial charge in [0.05, 0.1) is 11.4 Å². The van der Waals surface area contributed by atoms with Gasteiger partial charge in [0.15, 0.2) is 11.6 Å². The summed E-state index contributed by atoms with van der Waals surface area (Å²) in [5.74, 6) is -2.55. The molecule has 11 nitrogen and oxygen atoms in total. The summed E-state index contributed by atoms with van der Waals surface area (Å²) >= 11 is 0. The fourth-order valence-corrected chi connectivity index (χ4v) is 4.76. The van der Waals surface area contributed by atoms with Crippen molar-refractivity contribution in [3.05, 3.63) is 83.7 Å². The summed E-state index contributed by atoms with van der Waals surface area (Å²) in [5, 5.41) is 8.05. The number of ether oxygens (including phenoxy) is 1. The molecule has 0 bridgehead atoms. The Bertz CT molecular complexity index is 1510. The molecule has 0 radical (unpaired) electrons. The summed E-state index contributed by atoms with van der Waals surface area (Å²) in [6, 6.07) is 12.7. The molecule has 4 rings (SSSR count). The fraction of sp³-hybridized carbons (Fsp3) is 0.394. The van der Waals surface area contributed by atoms with Crippen molar-refractivity contribution in [3.8, 4) is 0 Å². The molecule has 1 aliphatic rings. The third-order valence-electron chi connectivity index (χ3n) is 7.20. The summed E-state index contributed by atoms with van der Waals surface area (Å²) in [4.78, 5) is 49.1. The largest absolute Gasteiger partial charge is 0.444 e. The van der Waals surface area contributed by atoms with Gasteiger partial charge in [-0.1, -0.05) is 18.2 Å². The van der Waals surface area contributed by atoms with Crippen LogP contribution in [0.5, 0.6) is 0 Å². The quantitative estimate of drug-likeness (QED) is 0.264. The first-order chi connectivity index (χ1) is 21.9. The number of carbonyl (C=O) groups is 3. The van der Waals surface area contributed by atoms with E-state index in [-0.39, 0.29) is 17.9 Å². The van der Waals surface area contributed by atoms with E-state index in [1.807, 2.05) is 0 Å². The zero-order valence-corrected chi connectivity index (χ0v) is 26.6. The molecule has 0 spiro atoms. The minimum Gasteiger partial charge on any atom is -0.444 e. The Morgan fingerprint density at radius 3 is 2.24 bits per heavy atom. The highest BCUT2D eigenvalue weighted by atomic mass is 19.2. The SMILES string of the molecule is CN1CCN(CCCN(Cc2ccc(C(=O)Nc3ccccc3NC(=O)OC(C)(C)C)nc2)C(=O)Nc2ccc(F)c(F)c2)CC1. The van der Waals surface area contributed by atoms with E-state index in [1.54, 1.807) is 62.1 Å². The molecule has 1 aliphatic heterocycles. The average molecular weight is 638 g/mol. The molecule has 246 valence electrons. The summed E-state index contributed by atoms with van der Waals surface area (Å²) in [6.45, 7) is 10.5. The van der Waals surface area contributed by atoms with Gasteiger partial charge in [0.1, 0.15) is 11.3 Å². The topological polar surface area (TPSA) is 119 Å². The zero-order valence-electron chi connectivity index (χ0n) is 26.6. The molecule has 0 aliphatic carbocycles. The normalized spacial score (nSPS) is 14.0. The Morgan fingerprint density at radius 2 is 1.61 bits per heavy atom. The Morgan fingerprint density at radius 1 is 0.913 bits per heavy atom. The summed E-state index contributed by atoms with van der Waals surface area (Å²) in [6.07, 6.45) is 1.57. The van der Waals surface area contributed by atoms with Crippen molar-refractivity contribution in [3.63, 3.8) is 0 Å².